The minimum Gasteiger partial charge on any atom is -0.487 e. The number of hydrogen-bond acceptors (Lipinski definition) is 5. The zero-order chi connectivity index (χ0) is 17.2. The number of rotatable bonds is 5. The van der Waals surface area contributed by atoms with Crippen molar-refractivity contribution in [2.75, 3.05) is 27.2 Å². The van der Waals surface area contributed by atoms with Gasteiger partial charge in [-0.15, -0.1) is 0 Å². The van der Waals surface area contributed by atoms with E-state index in [1.165, 1.54) is 22.7 Å². The molecule has 3 heterocycles. The van der Waals surface area contributed by atoms with Crippen molar-refractivity contribution in [3.05, 3.63) is 42.9 Å². The first kappa shape index (κ1) is 16.8. The summed E-state index contributed by atoms with van der Waals surface area (Å²) >= 11 is 0. The highest BCUT2D eigenvalue weighted by Gasteiger charge is 2.34. The van der Waals surface area contributed by atoms with Gasteiger partial charge in [-0.05, 0) is 30.7 Å². The highest BCUT2D eigenvalue weighted by atomic mass is 32.2. The van der Waals surface area contributed by atoms with Crippen LogP contribution in [0.4, 0.5) is 0 Å². The number of hydrogen-bond donors (Lipinski definition) is 0. The molecular formula is C16H20N4O3S. The van der Waals surface area contributed by atoms with E-state index in [0.29, 0.717) is 25.3 Å². The number of nitrogens with zero attached hydrogens (tertiary/aromatic N) is 4. The Morgan fingerprint density at radius 2 is 1.96 bits per heavy atom. The molecule has 1 aliphatic heterocycles. The van der Waals surface area contributed by atoms with Crippen LogP contribution < -0.4 is 4.74 Å². The second-order valence-corrected chi connectivity index (χ2v) is 7.91. The Kier molecular flexibility index (Phi) is 4.79. The van der Waals surface area contributed by atoms with E-state index in [-0.39, 0.29) is 6.10 Å². The molecule has 0 N–H and O–H groups in total. The molecule has 1 atom stereocenters. The summed E-state index contributed by atoms with van der Waals surface area (Å²) < 4.78 is 33.1. The van der Waals surface area contributed by atoms with Crippen LogP contribution in [0.3, 0.4) is 0 Å². The van der Waals surface area contributed by atoms with Crippen LogP contribution in [0.15, 0.2) is 42.9 Å². The summed E-state index contributed by atoms with van der Waals surface area (Å²) in [6.45, 7) is 0.793. The summed E-state index contributed by atoms with van der Waals surface area (Å²) in [5, 5.41) is 0. The SMILES string of the molecule is CN(C)S(=O)(=O)N1CCC(Oc2cccnc2-c2ccncc2)C1. The standard InChI is InChI=1S/C16H20N4O3S/c1-19(2)24(21,22)20-11-7-14(12-20)23-15-4-3-8-18-16(15)13-5-9-17-10-6-13/h3-6,8-10,14H,7,11-12H2,1-2H3. The van der Waals surface area contributed by atoms with Crippen molar-refractivity contribution >= 4 is 10.2 Å². The minimum atomic E-state index is -3.40. The van der Waals surface area contributed by atoms with Crippen LogP contribution in [0, 0.1) is 0 Å². The van der Waals surface area contributed by atoms with Gasteiger partial charge in [-0.3, -0.25) is 9.97 Å². The van der Waals surface area contributed by atoms with Gasteiger partial charge >= 0.3 is 0 Å². The Labute approximate surface area is 142 Å². The van der Waals surface area contributed by atoms with Crippen LogP contribution in [0.5, 0.6) is 5.75 Å². The summed E-state index contributed by atoms with van der Waals surface area (Å²) in [5.41, 5.74) is 1.64. The molecule has 1 unspecified atom stereocenters. The molecule has 0 aromatic carbocycles. The van der Waals surface area contributed by atoms with E-state index in [2.05, 4.69) is 9.97 Å². The predicted molar refractivity (Wildman–Crippen MR) is 90.7 cm³/mol. The monoisotopic (exact) mass is 348 g/mol. The van der Waals surface area contributed by atoms with E-state index in [1.807, 2.05) is 24.3 Å². The fourth-order valence-corrected chi connectivity index (χ4v) is 3.78. The smallest absolute Gasteiger partial charge is 0.281 e. The third-order valence-corrected chi connectivity index (χ3v) is 5.82. The van der Waals surface area contributed by atoms with Crippen LogP contribution in [-0.4, -0.2) is 60.3 Å². The van der Waals surface area contributed by atoms with Crippen LogP contribution >= 0.6 is 0 Å². The zero-order valence-electron chi connectivity index (χ0n) is 13.7. The summed E-state index contributed by atoms with van der Waals surface area (Å²) in [5.74, 6) is 0.651. The average molecular weight is 348 g/mol. The van der Waals surface area contributed by atoms with Gasteiger partial charge in [0.25, 0.3) is 10.2 Å². The summed E-state index contributed by atoms with van der Waals surface area (Å²) in [7, 11) is -0.334. The highest BCUT2D eigenvalue weighted by Crippen LogP contribution is 2.29. The summed E-state index contributed by atoms with van der Waals surface area (Å²) in [4.78, 5) is 8.40. The van der Waals surface area contributed by atoms with Gasteiger partial charge in [-0.2, -0.15) is 17.0 Å². The molecule has 0 aliphatic carbocycles. The number of pyridine rings is 2. The third-order valence-electron chi connectivity index (χ3n) is 3.91. The Morgan fingerprint density at radius 1 is 1.21 bits per heavy atom. The molecule has 2 aromatic rings. The fourth-order valence-electron chi connectivity index (χ4n) is 2.63. The van der Waals surface area contributed by atoms with Crippen LogP contribution in [-0.2, 0) is 10.2 Å². The largest absolute Gasteiger partial charge is 0.487 e. The first-order valence-corrected chi connectivity index (χ1v) is 9.08. The quantitative estimate of drug-likeness (QED) is 0.816. The molecule has 1 aliphatic rings. The minimum absolute atomic E-state index is 0.190. The van der Waals surface area contributed by atoms with Crippen LogP contribution in [0.1, 0.15) is 6.42 Å². The molecule has 8 heteroatoms. The maximum Gasteiger partial charge on any atom is 0.281 e. The molecule has 2 aromatic heterocycles. The van der Waals surface area contributed by atoms with Crippen molar-refractivity contribution < 1.29 is 13.2 Å². The molecule has 24 heavy (non-hydrogen) atoms. The third kappa shape index (κ3) is 3.40. The Balaban J connectivity index is 1.77. The molecule has 0 saturated carbocycles. The molecule has 7 nitrogen and oxygen atoms in total. The Morgan fingerprint density at radius 3 is 2.67 bits per heavy atom. The Bertz CT molecular complexity index is 796. The molecule has 0 amide bonds. The van der Waals surface area contributed by atoms with E-state index in [1.54, 1.807) is 18.6 Å². The van der Waals surface area contributed by atoms with E-state index >= 15 is 0 Å². The fraction of sp³-hybridized carbons (Fsp3) is 0.375. The van der Waals surface area contributed by atoms with Crippen molar-refractivity contribution in [3.8, 4) is 17.0 Å². The van der Waals surface area contributed by atoms with E-state index in [9.17, 15) is 8.42 Å². The first-order valence-electron chi connectivity index (χ1n) is 7.68. The number of ether oxygens (including phenoxy) is 1. The second-order valence-electron chi connectivity index (χ2n) is 5.76. The molecule has 0 bridgehead atoms. The first-order chi connectivity index (χ1) is 11.5. The second kappa shape index (κ2) is 6.84. The maximum absolute atomic E-state index is 12.2. The lowest BCUT2D eigenvalue weighted by Crippen LogP contribution is -2.39. The molecule has 0 spiro atoms. The topological polar surface area (TPSA) is 75.6 Å². The normalized spacial score (nSPS) is 18.9. The van der Waals surface area contributed by atoms with Gasteiger partial charge in [0.1, 0.15) is 17.5 Å². The van der Waals surface area contributed by atoms with Crippen molar-refractivity contribution in [2.24, 2.45) is 0 Å². The van der Waals surface area contributed by atoms with Crippen LogP contribution in [0.25, 0.3) is 11.3 Å². The predicted octanol–water partition coefficient (Wildman–Crippen LogP) is 1.40. The van der Waals surface area contributed by atoms with Gasteiger partial charge in [-0.1, -0.05) is 0 Å². The number of aromatic nitrogens is 2. The van der Waals surface area contributed by atoms with E-state index in [0.717, 1.165) is 11.3 Å². The lowest BCUT2D eigenvalue weighted by atomic mass is 10.1. The van der Waals surface area contributed by atoms with Crippen molar-refractivity contribution in [2.45, 2.75) is 12.5 Å². The van der Waals surface area contributed by atoms with Gasteiger partial charge < -0.3 is 4.74 Å². The van der Waals surface area contributed by atoms with E-state index in [4.69, 9.17) is 4.74 Å². The lowest BCUT2D eigenvalue weighted by Gasteiger charge is -2.21. The molecular weight excluding hydrogens is 328 g/mol. The van der Waals surface area contributed by atoms with Crippen molar-refractivity contribution in [1.82, 2.24) is 18.6 Å². The van der Waals surface area contributed by atoms with Gasteiger partial charge in [-0.25, -0.2) is 0 Å². The molecule has 1 saturated heterocycles. The lowest BCUT2D eigenvalue weighted by molar-refractivity contribution is 0.215. The maximum atomic E-state index is 12.2. The molecule has 1 fully saturated rings. The average Bonchev–Trinajstić information content (AvgIpc) is 3.05. The van der Waals surface area contributed by atoms with Gasteiger partial charge in [0.05, 0.1) is 6.54 Å². The highest BCUT2D eigenvalue weighted by molar-refractivity contribution is 7.86. The van der Waals surface area contributed by atoms with Crippen molar-refractivity contribution in [3.63, 3.8) is 0 Å². The summed E-state index contributed by atoms with van der Waals surface area (Å²) in [6, 6.07) is 7.40. The molecule has 128 valence electrons. The van der Waals surface area contributed by atoms with E-state index < -0.39 is 10.2 Å². The Hall–Kier alpha value is -2.03. The van der Waals surface area contributed by atoms with Crippen molar-refractivity contribution in [1.29, 1.82) is 0 Å². The van der Waals surface area contributed by atoms with Crippen LogP contribution in [0.2, 0.25) is 0 Å². The summed E-state index contributed by atoms with van der Waals surface area (Å²) in [6.07, 6.45) is 5.57. The zero-order valence-corrected chi connectivity index (χ0v) is 14.5. The van der Waals surface area contributed by atoms with Gasteiger partial charge in [0, 0.05) is 44.8 Å². The molecule has 3 rings (SSSR count). The molecule has 0 radical (unpaired) electrons. The van der Waals surface area contributed by atoms with Gasteiger partial charge in [0.2, 0.25) is 0 Å². The van der Waals surface area contributed by atoms with Gasteiger partial charge in [0.15, 0.2) is 0 Å².